The Morgan fingerprint density at radius 2 is 2.23 bits per heavy atom. The van der Waals surface area contributed by atoms with Crippen molar-refractivity contribution in [3.8, 4) is 0 Å². The topological polar surface area (TPSA) is 29.3 Å². The number of hydrogen-bond acceptors (Lipinski definition) is 2. The largest absolute Gasteiger partial charge is 0.371 e. The lowest BCUT2D eigenvalue weighted by Crippen LogP contribution is -2.33. The van der Waals surface area contributed by atoms with Crippen LogP contribution in [0.5, 0.6) is 0 Å². The fraction of sp³-hybridized carbons (Fsp3) is 0.455. The molecular formula is C11H16N2. The molecule has 0 aliphatic carbocycles. The second-order valence-electron chi connectivity index (χ2n) is 3.53. The van der Waals surface area contributed by atoms with Crippen molar-refractivity contribution in [2.45, 2.75) is 19.4 Å². The van der Waals surface area contributed by atoms with Crippen LogP contribution in [0, 0.1) is 0 Å². The van der Waals surface area contributed by atoms with Gasteiger partial charge in [0.1, 0.15) is 0 Å². The molecule has 1 atom stereocenters. The van der Waals surface area contributed by atoms with Crippen molar-refractivity contribution in [1.82, 2.24) is 0 Å². The van der Waals surface area contributed by atoms with Gasteiger partial charge in [-0.25, -0.2) is 0 Å². The zero-order valence-corrected chi connectivity index (χ0v) is 8.03. The summed E-state index contributed by atoms with van der Waals surface area (Å²) >= 11 is 0. The molecule has 2 heteroatoms. The molecule has 0 amide bonds. The third kappa shape index (κ3) is 1.42. The maximum Gasteiger partial charge on any atom is 0.0414 e. The fourth-order valence-electron chi connectivity index (χ4n) is 1.99. The van der Waals surface area contributed by atoms with Crippen molar-refractivity contribution in [2.75, 3.05) is 18.0 Å². The highest BCUT2D eigenvalue weighted by Gasteiger charge is 2.20. The van der Waals surface area contributed by atoms with Gasteiger partial charge in [-0.1, -0.05) is 18.2 Å². The van der Waals surface area contributed by atoms with Crippen LogP contribution in [0.2, 0.25) is 0 Å². The lowest BCUT2D eigenvalue weighted by atomic mass is 9.97. The van der Waals surface area contributed by atoms with E-state index in [0.29, 0.717) is 0 Å². The Balaban J connectivity index is 2.42. The molecule has 0 radical (unpaired) electrons. The van der Waals surface area contributed by atoms with Gasteiger partial charge in [-0.05, 0) is 25.0 Å². The standard InChI is InChI=1S/C11H16N2/c1-2-13-8-7-10(12)9-5-3-4-6-11(9)13/h3-6,10H,2,7-8,12H2,1H3/t10-/m1/s1. The summed E-state index contributed by atoms with van der Waals surface area (Å²) in [4.78, 5) is 2.39. The number of hydrogen-bond donors (Lipinski definition) is 1. The molecule has 0 unspecified atom stereocenters. The minimum atomic E-state index is 0.235. The summed E-state index contributed by atoms with van der Waals surface area (Å²) < 4.78 is 0. The maximum absolute atomic E-state index is 6.04. The van der Waals surface area contributed by atoms with Gasteiger partial charge in [-0.3, -0.25) is 0 Å². The van der Waals surface area contributed by atoms with Crippen LogP contribution in [0.3, 0.4) is 0 Å². The number of nitrogens with two attached hydrogens (primary N) is 1. The van der Waals surface area contributed by atoms with E-state index in [2.05, 4.69) is 36.1 Å². The minimum absolute atomic E-state index is 0.235. The number of para-hydroxylation sites is 1. The van der Waals surface area contributed by atoms with Crippen LogP contribution in [0.4, 0.5) is 5.69 Å². The van der Waals surface area contributed by atoms with Crippen LogP contribution in [-0.4, -0.2) is 13.1 Å². The summed E-state index contributed by atoms with van der Waals surface area (Å²) in [5, 5.41) is 0. The van der Waals surface area contributed by atoms with E-state index in [1.54, 1.807) is 0 Å². The lowest BCUT2D eigenvalue weighted by Gasteiger charge is -2.33. The van der Waals surface area contributed by atoms with E-state index in [-0.39, 0.29) is 6.04 Å². The Morgan fingerprint density at radius 3 is 3.00 bits per heavy atom. The van der Waals surface area contributed by atoms with Gasteiger partial charge in [-0.15, -0.1) is 0 Å². The zero-order chi connectivity index (χ0) is 9.26. The molecule has 0 aromatic heterocycles. The Hall–Kier alpha value is -1.02. The number of benzene rings is 1. The van der Waals surface area contributed by atoms with Crippen molar-refractivity contribution < 1.29 is 0 Å². The highest BCUT2D eigenvalue weighted by molar-refractivity contribution is 5.56. The second-order valence-corrected chi connectivity index (χ2v) is 3.53. The van der Waals surface area contributed by atoms with E-state index in [1.807, 2.05) is 0 Å². The van der Waals surface area contributed by atoms with Crippen LogP contribution in [0.1, 0.15) is 24.9 Å². The molecule has 0 saturated carbocycles. The van der Waals surface area contributed by atoms with E-state index in [1.165, 1.54) is 11.3 Å². The number of nitrogens with zero attached hydrogens (tertiary/aromatic N) is 1. The first-order valence-electron chi connectivity index (χ1n) is 4.92. The van der Waals surface area contributed by atoms with Gasteiger partial charge < -0.3 is 10.6 Å². The van der Waals surface area contributed by atoms with Crippen LogP contribution < -0.4 is 10.6 Å². The van der Waals surface area contributed by atoms with E-state index in [0.717, 1.165) is 19.5 Å². The average Bonchev–Trinajstić information content (AvgIpc) is 2.19. The average molecular weight is 176 g/mol. The fourth-order valence-corrected chi connectivity index (χ4v) is 1.99. The van der Waals surface area contributed by atoms with Gasteiger partial charge in [0.15, 0.2) is 0 Å². The molecule has 0 saturated heterocycles. The molecule has 1 aromatic carbocycles. The molecule has 13 heavy (non-hydrogen) atoms. The van der Waals surface area contributed by atoms with E-state index in [4.69, 9.17) is 5.73 Å². The molecule has 0 fully saturated rings. The van der Waals surface area contributed by atoms with Crippen molar-refractivity contribution >= 4 is 5.69 Å². The van der Waals surface area contributed by atoms with Crippen LogP contribution >= 0.6 is 0 Å². The minimum Gasteiger partial charge on any atom is -0.371 e. The van der Waals surface area contributed by atoms with Gasteiger partial charge in [0.2, 0.25) is 0 Å². The van der Waals surface area contributed by atoms with Gasteiger partial charge in [0, 0.05) is 24.8 Å². The molecule has 1 heterocycles. The highest BCUT2D eigenvalue weighted by atomic mass is 15.1. The zero-order valence-electron chi connectivity index (χ0n) is 8.03. The SMILES string of the molecule is CCN1CC[C@@H](N)c2ccccc21. The summed E-state index contributed by atoms with van der Waals surface area (Å²) in [6, 6.07) is 8.69. The molecule has 2 N–H and O–H groups in total. The Kier molecular flexibility index (Phi) is 2.23. The Morgan fingerprint density at radius 1 is 1.46 bits per heavy atom. The molecular weight excluding hydrogens is 160 g/mol. The highest BCUT2D eigenvalue weighted by Crippen LogP contribution is 2.31. The maximum atomic E-state index is 6.04. The first-order valence-corrected chi connectivity index (χ1v) is 4.92. The van der Waals surface area contributed by atoms with E-state index < -0.39 is 0 Å². The van der Waals surface area contributed by atoms with Crippen LogP contribution in [0.25, 0.3) is 0 Å². The first kappa shape index (κ1) is 8.57. The summed E-state index contributed by atoms with van der Waals surface area (Å²) in [5.74, 6) is 0. The van der Waals surface area contributed by atoms with Gasteiger partial charge in [-0.2, -0.15) is 0 Å². The summed E-state index contributed by atoms with van der Waals surface area (Å²) in [5.41, 5.74) is 8.66. The molecule has 2 nitrogen and oxygen atoms in total. The Bertz CT molecular complexity index is 296. The first-order chi connectivity index (χ1) is 6.33. The van der Waals surface area contributed by atoms with Crippen molar-refractivity contribution in [1.29, 1.82) is 0 Å². The van der Waals surface area contributed by atoms with Gasteiger partial charge in [0.05, 0.1) is 0 Å². The van der Waals surface area contributed by atoms with Crippen molar-refractivity contribution in [3.63, 3.8) is 0 Å². The molecule has 2 rings (SSSR count). The van der Waals surface area contributed by atoms with Crippen LogP contribution in [-0.2, 0) is 0 Å². The summed E-state index contributed by atoms with van der Waals surface area (Å²) in [6.07, 6.45) is 1.07. The summed E-state index contributed by atoms with van der Waals surface area (Å²) in [7, 11) is 0. The molecule has 1 aliphatic heterocycles. The summed E-state index contributed by atoms with van der Waals surface area (Å²) in [6.45, 7) is 4.35. The molecule has 1 aliphatic rings. The van der Waals surface area contributed by atoms with Crippen molar-refractivity contribution in [2.24, 2.45) is 5.73 Å². The molecule has 70 valence electrons. The molecule has 0 bridgehead atoms. The lowest BCUT2D eigenvalue weighted by molar-refractivity contribution is 0.598. The number of anilines is 1. The Labute approximate surface area is 79.4 Å². The van der Waals surface area contributed by atoms with Crippen LogP contribution in [0.15, 0.2) is 24.3 Å². The smallest absolute Gasteiger partial charge is 0.0414 e. The quantitative estimate of drug-likeness (QED) is 0.708. The van der Waals surface area contributed by atoms with Gasteiger partial charge in [0.25, 0.3) is 0 Å². The van der Waals surface area contributed by atoms with E-state index in [9.17, 15) is 0 Å². The second kappa shape index (κ2) is 3.38. The third-order valence-corrected chi connectivity index (χ3v) is 2.77. The number of fused-ring (bicyclic) bond motifs is 1. The normalized spacial score (nSPS) is 21.4. The predicted molar refractivity (Wildman–Crippen MR) is 55.9 cm³/mol. The predicted octanol–water partition coefficient (Wildman–Crippen LogP) is 1.92. The van der Waals surface area contributed by atoms with Crippen molar-refractivity contribution in [3.05, 3.63) is 29.8 Å². The van der Waals surface area contributed by atoms with Gasteiger partial charge >= 0.3 is 0 Å². The third-order valence-electron chi connectivity index (χ3n) is 2.77. The monoisotopic (exact) mass is 176 g/mol. The molecule has 1 aromatic rings. The number of rotatable bonds is 1. The van der Waals surface area contributed by atoms with E-state index >= 15 is 0 Å². The molecule has 0 spiro atoms.